The Hall–Kier alpha value is -2.15. The highest BCUT2D eigenvalue weighted by molar-refractivity contribution is 5.93. The van der Waals surface area contributed by atoms with E-state index in [1.54, 1.807) is 12.1 Å². The Morgan fingerprint density at radius 2 is 2.14 bits per heavy atom. The quantitative estimate of drug-likeness (QED) is 0.710. The van der Waals surface area contributed by atoms with Gasteiger partial charge in [-0.15, -0.1) is 0 Å². The Labute approximate surface area is 122 Å². The zero-order chi connectivity index (χ0) is 15.8. The third kappa shape index (κ3) is 5.39. The average Bonchev–Trinajstić information content (AvgIpc) is 2.43. The Kier molecular flexibility index (Phi) is 6.61. The number of aryl methyl sites for hydroxylation is 1. The molecule has 1 atom stereocenters. The number of hydrogen-bond acceptors (Lipinski definition) is 3. The summed E-state index contributed by atoms with van der Waals surface area (Å²) in [6.07, 6.45) is 0.835. The normalized spacial score (nSPS) is 11.8. The minimum atomic E-state index is -0.843. The molecule has 21 heavy (non-hydrogen) atoms. The van der Waals surface area contributed by atoms with Crippen molar-refractivity contribution in [2.75, 3.05) is 19.0 Å². The number of carbonyl (C=O) groups is 2. The molecule has 3 amide bonds. The van der Waals surface area contributed by atoms with E-state index in [1.807, 2.05) is 6.92 Å². The molecular weight excluding hydrogens is 277 g/mol. The van der Waals surface area contributed by atoms with Gasteiger partial charge in [0.15, 0.2) is 0 Å². The van der Waals surface area contributed by atoms with E-state index in [0.29, 0.717) is 17.7 Å². The molecule has 7 heteroatoms. The largest absolute Gasteiger partial charge is 0.385 e. The van der Waals surface area contributed by atoms with Gasteiger partial charge in [0.05, 0.1) is 0 Å². The highest BCUT2D eigenvalue weighted by Crippen LogP contribution is 2.14. The van der Waals surface area contributed by atoms with Gasteiger partial charge in [-0.25, -0.2) is 9.18 Å². The van der Waals surface area contributed by atoms with Crippen LogP contribution >= 0.6 is 0 Å². The predicted molar refractivity (Wildman–Crippen MR) is 77.4 cm³/mol. The molecule has 0 bridgehead atoms. The third-order valence-corrected chi connectivity index (χ3v) is 2.95. The van der Waals surface area contributed by atoms with Gasteiger partial charge < -0.3 is 21.1 Å². The molecule has 0 aliphatic heterocycles. The fourth-order valence-corrected chi connectivity index (χ4v) is 1.76. The first-order valence-electron chi connectivity index (χ1n) is 6.62. The lowest BCUT2D eigenvalue weighted by molar-refractivity contribution is -0.120. The lowest BCUT2D eigenvalue weighted by atomic mass is 10.1. The molecule has 0 spiro atoms. The minimum absolute atomic E-state index is 0.266. The number of benzene rings is 1. The number of carbonyl (C=O) groups excluding carboxylic acids is 2. The number of primary amides is 1. The van der Waals surface area contributed by atoms with Crippen molar-refractivity contribution < 1.29 is 18.7 Å². The van der Waals surface area contributed by atoms with E-state index < -0.39 is 18.0 Å². The monoisotopic (exact) mass is 297 g/mol. The van der Waals surface area contributed by atoms with Crippen LogP contribution in [0.4, 0.5) is 14.9 Å². The van der Waals surface area contributed by atoms with Crippen molar-refractivity contribution in [3.05, 3.63) is 29.6 Å². The number of urea groups is 1. The number of anilines is 1. The highest BCUT2D eigenvalue weighted by Gasteiger charge is 2.17. The van der Waals surface area contributed by atoms with Crippen LogP contribution in [0.5, 0.6) is 0 Å². The summed E-state index contributed by atoms with van der Waals surface area (Å²) >= 11 is 0. The molecule has 0 aliphatic rings. The molecule has 1 aromatic rings. The second-order valence-corrected chi connectivity index (χ2v) is 4.49. The maximum absolute atomic E-state index is 13.6. The number of amides is 3. The van der Waals surface area contributed by atoms with Gasteiger partial charge in [0.25, 0.3) is 0 Å². The first kappa shape index (κ1) is 16.9. The third-order valence-electron chi connectivity index (χ3n) is 2.95. The SMILES string of the molecule is CCc1ccc(NC(=O)N[C@@H](CCOC)C(N)=O)cc1F. The van der Waals surface area contributed by atoms with E-state index in [0.717, 1.165) is 0 Å². The van der Waals surface area contributed by atoms with Crippen LogP contribution in [-0.4, -0.2) is 31.7 Å². The zero-order valence-corrected chi connectivity index (χ0v) is 12.1. The van der Waals surface area contributed by atoms with Gasteiger partial charge in [-0.05, 0) is 30.5 Å². The fraction of sp³-hybridized carbons (Fsp3) is 0.429. The van der Waals surface area contributed by atoms with Crippen LogP contribution in [0.2, 0.25) is 0 Å². The first-order chi connectivity index (χ1) is 9.97. The first-order valence-corrected chi connectivity index (χ1v) is 6.62. The van der Waals surface area contributed by atoms with E-state index in [9.17, 15) is 14.0 Å². The van der Waals surface area contributed by atoms with Crippen molar-refractivity contribution >= 4 is 17.6 Å². The van der Waals surface area contributed by atoms with Gasteiger partial charge in [0.1, 0.15) is 11.9 Å². The van der Waals surface area contributed by atoms with Crippen LogP contribution in [0.15, 0.2) is 18.2 Å². The van der Waals surface area contributed by atoms with Crippen LogP contribution in [0.3, 0.4) is 0 Å². The maximum Gasteiger partial charge on any atom is 0.319 e. The Balaban J connectivity index is 2.63. The van der Waals surface area contributed by atoms with Crippen molar-refractivity contribution in [2.45, 2.75) is 25.8 Å². The van der Waals surface area contributed by atoms with E-state index in [2.05, 4.69) is 10.6 Å². The van der Waals surface area contributed by atoms with Crippen molar-refractivity contribution in [3.8, 4) is 0 Å². The smallest absolute Gasteiger partial charge is 0.319 e. The molecular formula is C14H20FN3O3. The summed E-state index contributed by atoms with van der Waals surface area (Å²) in [5.74, 6) is -1.05. The molecule has 0 saturated heterocycles. The molecule has 1 aromatic carbocycles. The Morgan fingerprint density at radius 1 is 1.43 bits per heavy atom. The predicted octanol–water partition coefficient (Wildman–Crippen LogP) is 1.40. The summed E-state index contributed by atoms with van der Waals surface area (Å²) in [6.45, 7) is 2.12. The van der Waals surface area contributed by atoms with E-state index in [-0.39, 0.29) is 18.8 Å². The van der Waals surface area contributed by atoms with Crippen LogP contribution in [0.1, 0.15) is 18.9 Å². The van der Waals surface area contributed by atoms with E-state index >= 15 is 0 Å². The van der Waals surface area contributed by atoms with Crippen LogP contribution in [0.25, 0.3) is 0 Å². The van der Waals surface area contributed by atoms with Gasteiger partial charge in [-0.3, -0.25) is 4.79 Å². The lowest BCUT2D eigenvalue weighted by Crippen LogP contribution is -2.46. The number of nitrogens with two attached hydrogens (primary N) is 1. The average molecular weight is 297 g/mol. The topological polar surface area (TPSA) is 93.4 Å². The summed E-state index contributed by atoms with van der Waals surface area (Å²) < 4.78 is 18.4. The van der Waals surface area contributed by atoms with Gasteiger partial charge >= 0.3 is 6.03 Å². The number of rotatable bonds is 7. The second-order valence-electron chi connectivity index (χ2n) is 4.49. The summed E-state index contributed by atoms with van der Waals surface area (Å²) in [5.41, 5.74) is 6.05. The summed E-state index contributed by atoms with van der Waals surface area (Å²) in [5, 5.41) is 4.88. The molecule has 0 aliphatic carbocycles. The highest BCUT2D eigenvalue weighted by atomic mass is 19.1. The standard InChI is InChI=1S/C14H20FN3O3/c1-3-9-4-5-10(8-11(9)15)17-14(20)18-12(13(16)19)6-7-21-2/h4-5,8,12H,3,6-7H2,1-2H3,(H2,16,19)(H2,17,18,20)/t12-/m0/s1. The van der Waals surface area contributed by atoms with Gasteiger partial charge in [0.2, 0.25) is 5.91 Å². The summed E-state index contributed by atoms with van der Waals surface area (Å²) in [7, 11) is 1.48. The maximum atomic E-state index is 13.6. The van der Waals surface area contributed by atoms with Crippen molar-refractivity contribution in [1.29, 1.82) is 0 Å². The Bertz CT molecular complexity index is 508. The molecule has 0 unspecified atom stereocenters. The molecule has 0 fully saturated rings. The van der Waals surface area contributed by atoms with Crippen molar-refractivity contribution in [2.24, 2.45) is 5.73 Å². The molecule has 0 aromatic heterocycles. The van der Waals surface area contributed by atoms with Crippen LogP contribution in [0, 0.1) is 5.82 Å². The molecule has 4 N–H and O–H groups in total. The number of nitrogens with one attached hydrogen (secondary N) is 2. The summed E-state index contributed by atoms with van der Waals surface area (Å²) in [4.78, 5) is 23.0. The van der Waals surface area contributed by atoms with Crippen molar-refractivity contribution in [3.63, 3.8) is 0 Å². The Morgan fingerprint density at radius 3 is 2.67 bits per heavy atom. The van der Waals surface area contributed by atoms with Gasteiger partial charge in [0, 0.05) is 19.4 Å². The van der Waals surface area contributed by atoms with Gasteiger partial charge in [-0.1, -0.05) is 13.0 Å². The van der Waals surface area contributed by atoms with E-state index in [4.69, 9.17) is 10.5 Å². The zero-order valence-electron chi connectivity index (χ0n) is 12.1. The van der Waals surface area contributed by atoms with E-state index in [1.165, 1.54) is 13.2 Å². The number of methoxy groups -OCH3 is 1. The number of ether oxygens (including phenoxy) is 1. The molecule has 0 radical (unpaired) electrons. The van der Waals surface area contributed by atoms with Crippen LogP contribution in [-0.2, 0) is 16.0 Å². The molecule has 1 rings (SSSR count). The molecule has 6 nitrogen and oxygen atoms in total. The summed E-state index contributed by atoms with van der Waals surface area (Å²) in [6, 6.07) is 2.95. The second kappa shape index (κ2) is 8.21. The number of hydrogen-bond donors (Lipinski definition) is 3. The molecule has 0 saturated carbocycles. The molecule has 0 heterocycles. The van der Waals surface area contributed by atoms with Crippen molar-refractivity contribution in [1.82, 2.24) is 5.32 Å². The lowest BCUT2D eigenvalue weighted by Gasteiger charge is -2.15. The number of halogens is 1. The van der Waals surface area contributed by atoms with Crippen LogP contribution < -0.4 is 16.4 Å². The van der Waals surface area contributed by atoms with Gasteiger partial charge in [-0.2, -0.15) is 0 Å². The molecule has 116 valence electrons. The minimum Gasteiger partial charge on any atom is -0.385 e. The fourth-order valence-electron chi connectivity index (χ4n) is 1.76.